The summed E-state index contributed by atoms with van der Waals surface area (Å²) in [6.07, 6.45) is 0. The van der Waals surface area contributed by atoms with E-state index in [0.717, 1.165) is 0 Å². The van der Waals surface area contributed by atoms with E-state index in [4.69, 9.17) is 0 Å². The molecule has 1 rings (SSSR count). The van der Waals surface area contributed by atoms with Gasteiger partial charge in [0.15, 0.2) is 0 Å². The molecule has 0 spiro atoms. The van der Waals surface area contributed by atoms with Gasteiger partial charge in [-0.25, -0.2) is 8.42 Å². The molecule has 0 aromatic rings. The van der Waals surface area contributed by atoms with Crippen molar-refractivity contribution in [2.75, 3.05) is 26.3 Å². The van der Waals surface area contributed by atoms with Gasteiger partial charge in [-0.05, 0) is 0 Å². The van der Waals surface area contributed by atoms with Crippen LogP contribution in [0, 0.1) is 0 Å². The standard InChI is InChI=1S/C7H9F6NO6S2/c8-5(9,6(10,11)21-20-19-15)7(12,13)22(16,17)14-1-3-18-4-2-14/h15H,1-4H2/p-1. The maximum absolute atomic E-state index is 13.6. The molecular weight excluding hydrogens is 372 g/mol. The van der Waals surface area contributed by atoms with Crippen molar-refractivity contribution in [2.24, 2.45) is 0 Å². The molecule has 1 heterocycles. The Hall–Kier alpha value is -0.320. The minimum Gasteiger partial charge on any atom is -0.691 e. The van der Waals surface area contributed by atoms with Gasteiger partial charge in [0.1, 0.15) is 12.0 Å². The van der Waals surface area contributed by atoms with E-state index in [9.17, 15) is 40.0 Å². The molecule has 132 valence electrons. The summed E-state index contributed by atoms with van der Waals surface area (Å²) in [5.74, 6) is -6.39. The summed E-state index contributed by atoms with van der Waals surface area (Å²) < 4.78 is 111. The predicted octanol–water partition coefficient (Wildman–Crippen LogP) is 0.341. The molecule has 1 saturated heterocycles. The topological polar surface area (TPSA) is 88.1 Å². The first-order chi connectivity index (χ1) is 9.92. The van der Waals surface area contributed by atoms with Crippen LogP contribution in [-0.2, 0) is 24.1 Å². The van der Waals surface area contributed by atoms with E-state index < -0.39 is 51.6 Å². The van der Waals surface area contributed by atoms with Crippen LogP contribution in [0.2, 0.25) is 0 Å². The molecule has 22 heavy (non-hydrogen) atoms. The van der Waals surface area contributed by atoms with E-state index in [1.165, 1.54) is 0 Å². The SMILES string of the molecule is O=S(=O)(N1CCOCC1)C(F)(F)C(F)(F)C(F)(F)SOO[O-]. The van der Waals surface area contributed by atoms with Gasteiger partial charge in [-0.3, -0.25) is 5.04 Å². The summed E-state index contributed by atoms with van der Waals surface area (Å²) in [7, 11) is -6.13. The smallest absolute Gasteiger partial charge is 0.428 e. The molecule has 0 N–H and O–H groups in total. The molecule has 0 saturated carbocycles. The van der Waals surface area contributed by atoms with E-state index in [0.29, 0.717) is 0 Å². The highest BCUT2D eigenvalue weighted by atomic mass is 32.2. The fourth-order valence-electron chi connectivity index (χ4n) is 1.39. The van der Waals surface area contributed by atoms with Gasteiger partial charge in [-0.1, -0.05) is 0 Å². The van der Waals surface area contributed by atoms with Crippen LogP contribution < -0.4 is 5.26 Å². The summed E-state index contributed by atoms with van der Waals surface area (Å²) in [4.78, 5) is 0. The van der Waals surface area contributed by atoms with Crippen LogP contribution in [0.4, 0.5) is 26.3 Å². The van der Waals surface area contributed by atoms with E-state index >= 15 is 0 Å². The zero-order valence-corrected chi connectivity index (χ0v) is 11.9. The number of morpholine rings is 1. The Morgan fingerprint density at radius 3 is 2.05 bits per heavy atom. The molecule has 0 aliphatic carbocycles. The summed E-state index contributed by atoms with van der Waals surface area (Å²) in [5.41, 5.74) is 0. The number of sulfonamides is 1. The zero-order valence-electron chi connectivity index (χ0n) is 10.3. The molecule has 0 bridgehead atoms. The Morgan fingerprint density at radius 2 is 1.59 bits per heavy atom. The maximum atomic E-state index is 13.6. The van der Waals surface area contributed by atoms with Crippen molar-refractivity contribution in [3.8, 4) is 0 Å². The van der Waals surface area contributed by atoms with Gasteiger partial charge in [-0.2, -0.15) is 35.0 Å². The summed E-state index contributed by atoms with van der Waals surface area (Å²) in [6.45, 7) is -2.13. The Bertz CT molecular complexity index is 482. The number of nitrogens with zero attached hydrogens (tertiary/aromatic N) is 1. The van der Waals surface area contributed by atoms with Crippen LogP contribution in [0.15, 0.2) is 0 Å². The summed E-state index contributed by atoms with van der Waals surface area (Å²) in [6, 6.07) is 0. The van der Waals surface area contributed by atoms with Crippen molar-refractivity contribution in [3.05, 3.63) is 0 Å². The van der Waals surface area contributed by atoms with Crippen LogP contribution in [0.5, 0.6) is 0 Å². The van der Waals surface area contributed by atoms with Gasteiger partial charge < -0.3 is 9.99 Å². The van der Waals surface area contributed by atoms with Crippen molar-refractivity contribution >= 4 is 22.1 Å². The number of hydrogen-bond donors (Lipinski definition) is 0. The Labute approximate surface area is 124 Å². The van der Waals surface area contributed by atoms with Crippen molar-refractivity contribution in [2.45, 2.75) is 16.4 Å². The second-order valence-corrected chi connectivity index (χ2v) is 6.64. The minimum atomic E-state index is -6.39. The van der Waals surface area contributed by atoms with Crippen LogP contribution in [0.3, 0.4) is 0 Å². The number of halogens is 6. The summed E-state index contributed by atoms with van der Waals surface area (Å²) in [5, 5.41) is -0.216. The average molecular weight is 380 g/mol. The fraction of sp³-hybridized carbons (Fsp3) is 1.00. The van der Waals surface area contributed by atoms with E-state index in [2.05, 4.69) is 14.1 Å². The lowest BCUT2D eigenvalue weighted by molar-refractivity contribution is -0.777. The molecule has 7 nitrogen and oxygen atoms in total. The molecule has 0 aromatic carbocycles. The summed E-state index contributed by atoms with van der Waals surface area (Å²) >= 11 is -1.73. The van der Waals surface area contributed by atoms with E-state index in [1.54, 1.807) is 0 Å². The third kappa shape index (κ3) is 3.29. The molecule has 0 unspecified atom stereocenters. The minimum absolute atomic E-state index is 0.0872. The lowest BCUT2D eigenvalue weighted by Crippen LogP contribution is -2.61. The van der Waals surface area contributed by atoms with Crippen molar-refractivity contribution < 1.29 is 54.1 Å². The van der Waals surface area contributed by atoms with Crippen LogP contribution in [0.25, 0.3) is 0 Å². The number of alkyl halides is 6. The highest BCUT2D eigenvalue weighted by molar-refractivity contribution is 7.95. The lowest BCUT2D eigenvalue weighted by atomic mass is 10.3. The van der Waals surface area contributed by atoms with Crippen LogP contribution in [-0.4, -0.2) is 55.5 Å². The number of ether oxygens (including phenoxy) is 1. The molecule has 0 radical (unpaired) electrons. The molecule has 0 atom stereocenters. The predicted molar refractivity (Wildman–Crippen MR) is 55.9 cm³/mol. The Kier molecular flexibility index (Phi) is 5.97. The normalized spacial score (nSPS) is 19.4. The quantitative estimate of drug-likeness (QED) is 0.272. The highest BCUT2D eigenvalue weighted by Crippen LogP contribution is 2.54. The fourth-order valence-corrected chi connectivity index (χ4v) is 3.21. The van der Waals surface area contributed by atoms with Gasteiger partial charge in [0.2, 0.25) is 0 Å². The van der Waals surface area contributed by atoms with E-state index in [-0.39, 0.29) is 17.5 Å². The van der Waals surface area contributed by atoms with Crippen LogP contribution >= 0.6 is 12.0 Å². The third-order valence-electron chi connectivity index (χ3n) is 2.53. The van der Waals surface area contributed by atoms with Crippen molar-refractivity contribution in [1.29, 1.82) is 0 Å². The Balaban J connectivity index is 3.13. The average Bonchev–Trinajstić information content (AvgIpc) is 2.45. The third-order valence-corrected chi connectivity index (χ3v) is 5.07. The first-order valence-electron chi connectivity index (χ1n) is 5.27. The Morgan fingerprint density at radius 1 is 1.09 bits per heavy atom. The molecule has 0 amide bonds. The first-order valence-corrected chi connectivity index (χ1v) is 7.45. The van der Waals surface area contributed by atoms with Crippen molar-refractivity contribution in [3.63, 3.8) is 0 Å². The molecule has 0 aromatic heterocycles. The second kappa shape index (κ2) is 6.66. The van der Waals surface area contributed by atoms with Crippen LogP contribution in [0.1, 0.15) is 0 Å². The lowest BCUT2D eigenvalue weighted by Gasteiger charge is -2.35. The number of rotatable bonds is 7. The highest BCUT2D eigenvalue weighted by Gasteiger charge is 2.79. The van der Waals surface area contributed by atoms with Gasteiger partial charge in [-0.15, -0.1) is 0 Å². The van der Waals surface area contributed by atoms with Gasteiger partial charge in [0.05, 0.1) is 13.2 Å². The van der Waals surface area contributed by atoms with Gasteiger partial charge >= 0.3 is 16.4 Å². The molecule has 15 heteroatoms. The van der Waals surface area contributed by atoms with Crippen molar-refractivity contribution in [1.82, 2.24) is 4.31 Å². The largest absolute Gasteiger partial charge is 0.691 e. The second-order valence-electron chi connectivity index (χ2n) is 3.84. The molecule has 1 fully saturated rings. The maximum Gasteiger partial charge on any atom is 0.428 e. The first kappa shape index (κ1) is 19.7. The van der Waals surface area contributed by atoms with Gasteiger partial charge in [0, 0.05) is 13.1 Å². The van der Waals surface area contributed by atoms with Gasteiger partial charge in [0.25, 0.3) is 10.0 Å². The molecule has 1 aliphatic rings. The molecule has 1 aliphatic heterocycles. The monoisotopic (exact) mass is 380 g/mol. The molecular formula is C7H8F6NO6S2-. The van der Waals surface area contributed by atoms with E-state index in [1.807, 2.05) is 0 Å². The number of hydrogen-bond acceptors (Lipinski definition) is 7. The zero-order chi connectivity index (χ0) is 17.2.